The normalized spacial score (nSPS) is 9.00. The second-order valence-electron chi connectivity index (χ2n) is 2.25. The van der Waals surface area contributed by atoms with Crippen LogP contribution < -0.4 is 10.5 Å². The molecule has 0 saturated carbocycles. The van der Waals surface area contributed by atoms with Crippen molar-refractivity contribution in [3.63, 3.8) is 0 Å². The van der Waals surface area contributed by atoms with Gasteiger partial charge >= 0.3 is 0 Å². The van der Waals surface area contributed by atoms with E-state index in [1.807, 2.05) is 13.8 Å². The minimum absolute atomic E-state index is 0.0110. The van der Waals surface area contributed by atoms with Crippen molar-refractivity contribution in [2.24, 2.45) is 5.73 Å². The molecule has 80 valence electrons. The molecule has 0 bridgehead atoms. The maximum absolute atomic E-state index is 13.1. The van der Waals surface area contributed by atoms with Crippen LogP contribution in [0.2, 0.25) is 0 Å². The highest BCUT2D eigenvalue weighted by atomic mass is 19.1. The molecule has 14 heavy (non-hydrogen) atoms. The Morgan fingerprint density at radius 2 is 1.86 bits per heavy atom. The summed E-state index contributed by atoms with van der Waals surface area (Å²) in [4.78, 5) is 0. The van der Waals surface area contributed by atoms with E-state index in [0.29, 0.717) is 0 Å². The van der Waals surface area contributed by atoms with Gasteiger partial charge in [-0.1, -0.05) is 13.8 Å². The zero-order valence-corrected chi connectivity index (χ0v) is 8.60. The lowest BCUT2D eigenvalue weighted by Crippen LogP contribution is -2.04. The maximum Gasteiger partial charge on any atom is 0.172 e. The molecule has 0 atom stereocenters. The molecule has 1 rings (SSSR count). The van der Waals surface area contributed by atoms with E-state index < -0.39 is 11.6 Å². The number of nitrogens with two attached hydrogens (primary N) is 1. The second kappa shape index (κ2) is 6.32. The largest absolute Gasteiger partial charge is 0.494 e. The fourth-order valence-corrected chi connectivity index (χ4v) is 0.921. The van der Waals surface area contributed by atoms with Gasteiger partial charge in [-0.25, -0.2) is 8.78 Å². The minimum atomic E-state index is -0.722. The van der Waals surface area contributed by atoms with Crippen molar-refractivity contribution in [1.82, 2.24) is 0 Å². The summed E-state index contributed by atoms with van der Waals surface area (Å²) in [7, 11) is 1.32. The summed E-state index contributed by atoms with van der Waals surface area (Å²) in [6, 6.07) is 2.36. The lowest BCUT2D eigenvalue weighted by atomic mass is 10.2. The Labute approximate surface area is 82.7 Å². The van der Waals surface area contributed by atoms with Crippen molar-refractivity contribution in [1.29, 1.82) is 0 Å². The summed E-state index contributed by atoms with van der Waals surface area (Å²) in [6.07, 6.45) is 0. The van der Waals surface area contributed by atoms with E-state index in [-0.39, 0.29) is 17.9 Å². The van der Waals surface area contributed by atoms with Crippen molar-refractivity contribution in [3.05, 3.63) is 29.3 Å². The topological polar surface area (TPSA) is 35.2 Å². The van der Waals surface area contributed by atoms with Crippen molar-refractivity contribution in [2.45, 2.75) is 20.4 Å². The molecular weight excluding hydrogens is 188 g/mol. The molecule has 2 N–H and O–H groups in total. The van der Waals surface area contributed by atoms with Crippen molar-refractivity contribution in [3.8, 4) is 5.75 Å². The minimum Gasteiger partial charge on any atom is -0.494 e. The average Bonchev–Trinajstić information content (AvgIpc) is 2.22. The molecule has 0 heterocycles. The molecule has 4 heteroatoms. The number of halogens is 2. The Kier molecular flexibility index (Phi) is 5.79. The molecule has 0 amide bonds. The third-order valence-corrected chi connectivity index (χ3v) is 1.57. The summed E-state index contributed by atoms with van der Waals surface area (Å²) in [6.45, 7) is 3.83. The van der Waals surface area contributed by atoms with Gasteiger partial charge in [0.05, 0.1) is 7.11 Å². The van der Waals surface area contributed by atoms with E-state index in [9.17, 15) is 8.78 Å². The first kappa shape index (κ1) is 12.8. The Morgan fingerprint density at radius 3 is 2.29 bits per heavy atom. The highest BCUT2D eigenvalue weighted by Crippen LogP contribution is 2.22. The molecule has 0 aliphatic rings. The lowest BCUT2D eigenvalue weighted by Gasteiger charge is -2.05. The van der Waals surface area contributed by atoms with E-state index in [1.165, 1.54) is 13.2 Å². The molecular formula is C10H15F2NO. The van der Waals surface area contributed by atoms with E-state index in [4.69, 9.17) is 5.73 Å². The molecule has 0 aliphatic carbocycles. The van der Waals surface area contributed by atoms with Crippen LogP contribution in [0.1, 0.15) is 19.4 Å². The van der Waals surface area contributed by atoms with E-state index in [0.717, 1.165) is 6.07 Å². The lowest BCUT2D eigenvalue weighted by molar-refractivity contribution is 0.380. The molecule has 2 nitrogen and oxygen atoms in total. The number of rotatable bonds is 2. The molecule has 0 spiro atoms. The zero-order valence-electron chi connectivity index (χ0n) is 8.60. The molecule has 0 aromatic heterocycles. The van der Waals surface area contributed by atoms with Gasteiger partial charge in [0.2, 0.25) is 0 Å². The summed E-state index contributed by atoms with van der Waals surface area (Å²) in [5, 5.41) is 0. The van der Waals surface area contributed by atoms with Crippen LogP contribution >= 0.6 is 0 Å². The molecule has 0 saturated heterocycles. The third-order valence-electron chi connectivity index (χ3n) is 1.57. The molecule has 0 unspecified atom stereocenters. The third kappa shape index (κ3) is 2.67. The zero-order chi connectivity index (χ0) is 11.1. The fourth-order valence-electron chi connectivity index (χ4n) is 0.921. The van der Waals surface area contributed by atoms with Gasteiger partial charge in [-0.05, 0) is 12.1 Å². The molecule has 0 fully saturated rings. The monoisotopic (exact) mass is 203 g/mol. The first-order chi connectivity index (χ1) is 6.70. The predicted molar refractivity (Wildman–Crippen MR) is 52.1 cm³/mol. The Balaban J connectivity index is 0.000000791. The average molecular weight is 203 g/mol. The first-order valence-corrected chi connectivity index (χ1v) is 4.41. The van der Waals surface area contributed by atoms with Gasteiger partial charge in [-0.2, -0.15) is 0 Å². The van der Waals surface area contributed by atoms with Crippen LogP contribution in [0.15, 0.2) is 12.1 Å². The SMILES string of the molecule is CC.COc1ccc(F)c(CN)c1F. The second-order valence-corrected chi connectivity index (χ2v) is 2.25. The molecule has 1 aromatic rings. The molecule has 0 aliphatic heterocycles. The summed E-state index contributed by atoms with van der Waals surface area (Å²) in [5.74, 6) is -1.35. The van der Waals surface area contributed by atoms with E-state index in [2.05, 4.69) is 4.74 Å². The molecule has 1 aromatic carbocycles. The highest BCUT2D eigenvalue weighted by molar-refractivity contribution is 5.32. The van der Waals surface area contributed by atoms with Crippen molar-refractivity contribution < 1.29 is 13.5 Å². The Hall–Kier alpha value is -1.16. The number of ether oxygens (including phenoxy) is 1. The number of hydrogen-bond donors (Lipinski definition) is 1. The van der Waals surface area contributed by atoms with Crippen LogP contribution in [-0.4, -0.2) is 7.11 Å². The number of hydrogen-bond acceptors (Lipinski definition) is 2. The Bertz CT molecular complexity index is 290. The summed E-state index contributed by atoms with van der Waals surface area (Å²) < 4.78 is 30.5. The fraction of sp³-hybridized carbons (Fsp3) is 0.400. The van der Waals surface area contributed by atoms with Gasteiger partial charge in [0, 0.05) is 12.1 Å². The smallest absolute Gasteiger partial charge is 0.172 e. The van der Waals surface area contributed by atoms with Crippen molar-refractivity contribution in [2.75, 3.05) is 7.11 Å². The summed E-state index contributed by atoms with van der Waals surface area (Å²) in [5.41, 5.74) is 5.00. The van der Waals surface area contributed by atoms with Gasteiger partial charge < -0.3 is 10.5 Å². The van der Waals surface area contributed by atoms with Crippen LogP contribution in [-0.2, 0) is 6.54 Å². The van der Waals surface area contributed by atoms with Crippen LogP contribution in [0.3, 0.4) is 0 Å². The maximum atomic E-state index is 13.1. The van der Waals surface area contributed by atoms with Gasteiger partial charge in [-0.15, -0.1) is 0 Å². The standard InChI is InChI=1S/C8H9F2NO.C2H6/c1-12-7-3-2-6(9)5(4-11)8(7)10;1-2/h2-3H,4,11H2,1H3;1-2H3. The Morgan fingerprint density at radius 1 is 1.29 bits per heavy atom. The number of methoxy groups -OCH3 is 1. The quantitative estimate of drug-likeness (QED) is 0.801. The van der Waals surface area contributed by atoms with Gasteiger partial charge in [0.1, 0.15) is 5.82 Å². The van der Waals surface area contributed by atoms with Crippen LogP contribution in [0, 0.1) is 11.6 Å². The summed E-state index contributed by atoms with van der Waals surface area (Å²) >= 11 is 0. The predicted octanol–water partition coefficient (Wildman–Crippen LogP) is 2.46. The van der Waals surface area contributed by atoms with Crippen LogP contribution in [0.5, 0.6) is 5.75 Å². The van der Waals surface area contributed by atoms with Gasteiger partial charge in [0.15, 0.2) is 11.6 Å². The highest BCUT2D eigenvalue weighted by Gasteiger charge is 2.11. The van der Waals surface area contributed by atoms with Gasteiger partial charge in [0.25, 0.3) is 0 Å². The van der Waals surface area contributed by atoms with Crippen molar-refractivity contribution >= 4 is 0 Å². The molecule has 0 radical (unpaired) electrons. The number of benzene rings is 1. The van der Waals surface area contributed by atoms with E-state index >= 15 is 0 Å². The van der Waals surface area contributed by atoms with Gasteiger partial charge in [-0.3, -0.25) is 0 Å². The first-order valence-electron chi connectivity index (χ1n) is 4.41. The van der Waals surface area contributed by atoms with Crippen LogP contribution in [0.4, 0.5) is 8.78 Å². The van der Waals surface area contributed by atoms with E-state index in [1.54, 1.807) is 0 Å². The van der Waals surface area contributed by atoms with Crippen LogP contribution in [0.25, 0.3) is 0 Å².